The van der Waals surface area contributed by atoms with Gasteiger partial charge in [0.1, 0.15) is 12.4 Å². The van der Waals surface area contributed by atoms with Gasteiger partial charge in [-0.1, -0.05) is 23.2 Å². The SMILES string of the molecule is Cc1ncc(COC(=O)COc2cc(Cl)ccc2Cl)s1. The van der Waals surface area contributed by atoms with E-state index in [-0.39, 0.29) is 13.2 Å². The number of aromatic nitrogens is 1. The minimum atomic E-state index is -0.480. The van der Waals surface area contributed by atoms with Gasteiger partial charge < -0.3 is 9.47 Å². The Bertz CT molecular complexity index is 615. The molecule has 0 fully saturated rings. The molecule has 0 amide bonds. The molecule has 4 nitrogen and oxygen atoms in total. The second-order valence-corrected chi connectivity index (χ2v) is 6.03. The molecular formula is C13H11Cl2NO3S. The highest BCUT2D eigenvalue weighted by Crippen LogP contribution is 2.27. The zero-order valence-corrected chi connectivity index (χ0v) is 12.9. The molecule has 0 bridgehead atoms. The predicted octanol–water partition coefficient (Wildman–Crippen LogP) is 3.88. The number of carbonyl (C=O) groups is 1. The van der Waals surface area contributed by atoms with Crippen LogP contribution in [0.1, 0.15) is 9.88 Å². The lowest BCUT2D eigenvalue weighted by Crippen LogP contribution is -2.14. The first-order valence-corrected chi connectivity index (χ1v) is 7.26. The van der Waals surface area contributed by atoms with Crippen molar-refractivity contribution in [2.75, 3.05) is 6.61 Å². The summed E-state index contributed by atoms with van der Waals surface area (Å²) in [6, 6.07) is 4.79. The summed E-state index contributed by atoms with van der Waals surface area (Å²) in [7, 11) is 0. The molecule has 7 heteroatoms. The summed E-state index contributed by atoms with van der Waals surface area (Å²) in [6.45, 7) is 1.86. The summed E-state index contributed by atoms with van der Waals surface area (Å²) in [5, 5.41) is 1.80. The van der Waals surface area contributed by atoms with Gasteiger partial charge in [0.05, 0.1) is 14.9 Å². The molecule has 0 N–H and O–H groups in total. The molecule has 2 rings (SSSR count). The third-order valence-corrected chi connectivity index (χ3v) is 3.72. The molecule has 1 aromatic heterocycles. The van der Waals surface area contributed by atoms with Gasteiger partial charge in [0.15, 0.2) is 6.61 Å². The lowest BCUT2D eigenvalue weighted by atomic mass is 10.3. The van der Waals surface area contributed by atoms with Crippen molar-refractivity contribution in [3.63, 3.8) is 0 Å². The van der Waals surface area contributed by atoms with Crippen molar-refractivity contribution in [2.24, 2.45) is 0 Å². The fraction of sp³-hybridized carbons (Fsp3) is 0.231. The Kier molecular flexibility index (Phi) is 5.23. The molecule has 0 unspecified atom stereocenters. The van der Waals surface area contributed by atoms with Gasteiger partial charge in [-0.25, -0.2) is 9.78 Å². The summed E-state index contributed by atoms with van der Waals surface area (Å²) in [5.41, 5.74) is 0. The van der Waals surface area contributed by atoms with Crippen molar-refractivity contribution in [1.82, 2.24) is 4.98 Å². The number of hydrogen-bond donors (Lipinski definition) is 0. The Hall–Kier alpha value is -1.30. The molecule has 2 aromatic rings. The smallest absolute Gasteiger partial charge is 0.344 e. The average molecular weight is 332 g/mol. The summed E-state index contributed by atoms with van der Waals surface area (Å²) in [5.74, 6) is -0.128. The van der Waals surface area contributed by atoms with Gasteiger partial charge >= 0.3 is 5.97 Å². The zero-order valence-electron chi connectivity index (χ0n) is 10.6. The van der Waals surface area contributed by atoms with E-state index in [2.05, 4.69) is 4.98 Å². The van der Waals surface area contributed by atoms with E-state index in [1.165, 1.54) is 11.3 Å². The standard InChI is InChI=1S/C13H11Cl2NO3S/c1-8-16-5-10(20-8)6-19-13(17)7-18-12-4-9(14)2-3-11(12)15/h2-5H,6-7H2,1H3. The first-order chi connectivity index (χ1) is 9.54. The van der Waals surface area contributed by atoms with E-state index >= 15 is 0 Å². The van der Waals surface area contributed by atoms with Crippen LogP contribution in [0.4, 0.5) is 0 Å². The molecule has 20 heavy (non-hydrogen) atoms. The fourth-order valence-electron chi connectivity index (χ4n) is 1.39. The van der Waals surface area contributed by atoms with Gasteiger partial charge in [-0.3, -0.25) is 0 Å². The molecule has 0 aliphatic rings. The van der Waals surface area contributed by atoms with Crippen LogP contribution in [0, 0.1) is 6.92 Å². The topological polar surface area (TPSA) is 48.4 Å². The van der Waals surface area contributed by atoms with Crippen LogP contribution in [0.5, 0.6) is 5.75 Å². The Labute approximate surface area is 130 Å². The molecule has 0 radical (unpaired) electrons. The summed E-state index contributed by atoms with van der Waals surface area (Å²) in [6.07, 6.45) is 1.68. The maximum absolute atomic E-state index is 11.6. The van der Waals surface area contributed by atoms with E-state index in [0.717, 1.165) is 9.88 Å². The minimum absolute atomic E-state index is 0.191. The number of halogens is 2. The van der Waals surface area contributed by atoms with Gasteiger partial charge in [-0.15, -0.1) is 11.3 Å². The molecule has 0 spiro atoms. The fourth-order valence-corrected chi connectivity index (χ4v) is 2.43. The van der Waals surface area contributed by atoms with Crippen LogP contribution < -0.4 is 4.74 Å². The molecule has 1 aromatic carbocycles. The van der Waals surface area contributed by atoms with Crippen LogP contribution in [0.15, 0.2) is 24.4 Å². The highest BCUT2D eigenvalue weighted by atomic mass is 35.5. The number of thiazole rings is 1. The third-order valence-electron chi connectivity index (χ3n) is 2.28. The maximum Gasteiger partial charge on any atom is 0.344 e. The van der Waals surface area contributed by atoms with Crippen molar-refractivity contribution < 1.29 is 14.3 Å². The van der Waals surface area contributed by atoms with Crippen molar-refractivity contribution in [1.29, 1.82) is 0 Å². The van der Waals surface area contributed by atoms with Crippen LogP contribution in [0.3, 0.4) is 0 Å². The van der Waals surface area contributed by atoms with E-state index in [0.29, 0.717) is 15.8 Å². The maximum atomic E-state index is 11.6. The lowest BCUT2D eigenvalue weighted by molar-refractivity contribution is -0.147. The number of hydrogen-bond acceptors (Lipinski definition) is 5. The van der Waals surface area contributed by atoms with E-state index < -0.39 is 5.97 Å². The molecule has 0 aliphatic heterocycles. The highest BCUT2D eigenvalue weighted by Gasteiger charge is 2.09. The van der Waals surface area contributed by atoms with E-state index in [4.69, 9.17) is 32.7 Å². The van der Waals surface area contributed by atoms with Gasteiger partial charge in [0.25, 0.3) is 0 Å². The third kappa shape index (κ3) is 4.37. The van der Waals surface area contributed by atoms with Crippen molar-refractivity contribution in [2.45, 2.75) is 13.5 Å². The number of esters is 1. The number of ether oxygens (including phenoxy) is 2. The summed E-state index contributed by atoms with van der Waals surface area (Å²) >= 11 is 13.2. The predicted molar refractivity (Wildman–Crippen MR) is 78.6 cm³/mol. The lowest BCUT2D eigenvalue weighted by Gasteiger charge is -2.08. The highest BCUT2D eigenvalue weighted by molar-refractivity contribution is 7.11. The summed E-state index contributed by atoms with van der Waals surface area (Å²) < 4.78 is 10.3. The number of rotatable bonds is 5. The first kappa shape index (κ1) is 15.1. The summed E-state index contributed by atoms with van der Waals surface area (Å²) in [4.78, 5) is 16.5. The van der Waals surface area contributed by atoms with Crippen LogP contribution in [-0.4, -0.2) is 17.6 Å². The van der Waals surface area contributed by atoms with Crippen molar-refractivity contribution in [3.8, 4) is 5.75 Å². The quantitative estimate of drug-likeness (QED) is 0.780. The van der Waals surface area contributed by atoms with E-state index in [9.17, 15) is 4.79 Å². The van der Waals surface area contributed by atoms with Gasteiger partial charge in [0.2, 0.25) is 0 Å². The van der Waals surface area contributed by atoms with E-state index in [1.807, 2.05) is 6.92 Å². The molecule has 0 saturated heterocycles. The minimum Gasteiger partial charge on any atom is -0.480 e. The second kappa shape index (κ2) is 6.92. The normalized spacial score (nSPS) is 10.3. The zero-order chi connectivity index (χ0) is 14.5. The molecular weight excluding hydrogens is 321 g/mol. The first-order valence-electron chi connectivity index (χ1n) is 5.69. The van der Waals surface area contributed by atoms with Gasteiger partial charge in [0, 0.05) is 17.3 Å². The Morgan fingerprint density at radius 1 is 1.40 bits per heavy atom. The Morgan fingerprint density at radius 2 is 2.20 bits per heavy atom. The molecule has 0 aliphatic carbocycles. The van der Waals surface area contributed by atoms with Gasteiger partial charge in [-0.2, -0.15) is 0 Å². The average Bonchev–Trinajstić information content (AvgIpc) is 2.83. The van der Waals surface area contributed by atoms with Crippen LogP contribution in [-0.2, 0) is 16.1 Å². The number of aryl methyl sites for hydroxylation is 1. The van der Waals surface area contributed by atoms with Crippen LogP contribution >= 0.6 is 34.5 Å². The number of nitrogens with zero attached hydrogens (tertiary/aromatic N) is 1. The van der Waals surface area contributed by atoms with Crippen LogP contribution in [0.25, 0.3) is 0 Å². The molecule has 106 valence electrons. The van der Waals surface area contributed by atoms with Crippen molar-refractivity contribution >= 4 is 40.5 Å². The molecule has 0 atom stereocenters. The Balaban J connectivity index is 1.81. The van der Waals surface area contributed by atoms with Gasteiger partial charge in [-0.05, 0) is 19.1 Å². The molecule has 1 heterocycles. The largest absolute Gasteiger partial charge is 0.480 e. The number of benzene rings is 1. The second-order valence-electron chi connectivity index (χ2n) is 3.87. The van der Waals surface area contributed by atoms with Crippen molar-refractivity contribution in [3.05, 3.63) is 44.3 Å². The molecule has 0 saturated carbocycles. The van der Waals surface area contributed by atoms with Crippen LogP contribution in [0.2, 0.25) is 10.0 Å². The Morgan fingerprint density at radius 3 is 2.90 bits per heavy atom. The number of carbonyl (C=O) groups excluding carboxylic acids is 1. The van der Waals surface area contributed by atoms with E-state index in [1.54, 1.807) is 24.4 Å². The monoisotopic (exact) mass is 331 g/mol.